The first-order chi connectivity index (χ1) is 9.31. The fourth-order valence-electron chi connectivity index (χ4n) is 1.56. The third-order valence-corrected chi connectivity index (χ3v) is 2.51. The summed E-state index contributed by atoms with van der Waals surface area (Å²) in [5, 5.41) is 19.0. The highest BCUT2D eigenvalue weighted by molar-refractivity contribution is 5.60. The normalized spacial score (nSPS) is 10.5. The maximum Gasteiger partial charge on any atom is 0.172 e. The quantitative estimate of drug-likeness (QED) is 0.663. The highest BCUT2D eigenvalue weighted by atomic mass is 15.5. The Balaban J connectivity index is 1.80. The van der Waals surface area contributed by atoms with E-state index in [1.54, 1.807) is 6.20 Å². The van der Waals surface area contributed by atoms with Crippen LogP contribution in [0.25, 0.3) is 11.3 Å². The molecule has 0 unspecified atom stereocenters. The second-order valence-electron chi connectivity index (χ2n) is 3.89. The summed E-state index contributed by atoms with van der Waals surface area (Å²) in [5.41, 5.74) is 7.95. The molecule has 0 fully saturated rings. The van der Waals surface area contributed by atoms with Crippen molar-refractivity contribution in [3.8, 4) is 11.3 Å². The van der Waals surface area contributed by atoms with Gasteiger partial charge in [-0.2, -0.15) is 0 Å². The number of anilines is 1. The van der Waals surface area contributed by atoms with E-state index in [4.69, 9.17) is 5.73 Å². The van der Waals surface area contributed by atoms with Crippen LogP contribution in [0.3, 0.4) is 0 Å². The van der Waals surface area contributed by atoms with Crippen LogP contribution in [0.4, 0.5) is 5.69 Å². The third-order valence-electron chi connectivity index (χ3n) is 2.51. The molecule has 0 aliphatic rings. The summed E-state index contributed by atoms with van der Waals surface area (Å²) < 4.78 is 1.53. The van der Waals surface area contributed by atoms with Crippen LogP contribution in [0.2, 0.25) is 0 Å². The van der Waals surface area contributed by atoms with Gasteiger partial charge in [0.2, 0.25) is 0 Å². The van der Waals surface area contributed by atoms with E-state index in [0.29, 0.717) is 23.8 Å². The van der Waals surface area contributed by atoms with Gasteiger partial charge in [0.1, 0.15) is 18.6 Å². The van der Waals surface area contributed by atoms with Crippen LogP contribution in [0.1, 0.15) is 5.82 Å². The Labute approximate surface area is 108 Å². The maximum absolute atomic E-state index is 5.63. The first-order valence-corrected chi connectivity index (χ1v) is 5.56. The summed E-state index contributed by atoms with van der Waals surface area (Å²) in [6, 6.07) is 7.38. The van der Waals surface area contributed by atoms with E-state index < -0.39 is 0 Å². The summed E-state index contributed by atoms with van der Waals surface area (Å²) in [6.45, 7) is 0.391. The molecule has 0 saturated heterocycles. The number of aromatic nitrogens is 7. The topological polar surface area (TPSA) is 108 Å². The monoisotopic (exact) mass is 254 g/mol. The van der Waals surface area contributed by atoms with Crippen LogP contribution in [-0.4, -0.2) is 35.4 Å². The second kappa shape index (κ2) is 4.77. The van der Waals surface area contributed by atoms with Crippen LogP contribution in [0.5, 0.6) is 0 Å². The van der Waals surface area contributed by atoms with Crippen LogP contribution in [-0.2, 0) is 6.54 Å². The number of hydrogen-bond acceptors (Lipinski definition) is 7. The summed E-state index contributed by atoms with van der Waals surface area (Å²) in [5.74, 6) is 0.548. The zero-order chi connectivity index (χ0) is 13.1. The molecule has 0 radical (unpaired) electrons. The molecule has 2 aromatic heterocycles. The van der Waals surface area contributed by atoms with E-state index in [-0.39, 0.29) is 0 Å². The predicted octanol–water partition coefficient (Wildman–Crippen LogP) is 0.156. The molecule has 0 amide bonds. The van der Waals surface area contributed by atoms with Crippen molar-refractivity contribution >= 4 is 5.69 Å². The number of benzene rings is 1. The molecule has 0 spiro atoms. The van der Waals surface area contributed by atoms with Gasteiger partial charge in [0.25, 0.3) is 0 Å². The van der Waals surface area contributed by atoms with Gasteiger partial charge in [0.05, 0.1) is 6.20 Å². The minimum Gasteiger partial charge on any atom is -0.399 e. The molecule has 1 aromatic carbocycles. The molecule has 8 nitrogen and oxygen atoms in total. The van der Waals surface area contributed by atoms with Crippen molar-refractivity contribution in [3.63, 3.8) is 0 Å². The molecule has 0 aliphatic carbocycles. The smallest absolute Gasteiger partial charge is 0.172 e. The predicted molar refractivity (Wildman–Crippen MR) is 66.6 cm³/mol. The highest BCUT2D eigenvalue weighted by Gasteiger charge is 2.03. The van der Waals surface area contributed by atoms with E-state index in [2.05, 4.69) is 30.7 Å². The van der Waals surface area contributed by atoms with Gasteiger partial charge in [-0.3, -0.25) is 0 Å². The summed E-state index contributed by atoms with van der Waals surface area (Å²) >= 11 is 0. The zero-order valence-corrected chi connectivity index (χ0v) is 9.88. The Bertz CT molecular complexity index is 644. The number of tetrazole rings is 1. The Kier molecular flexibility index (Phi) is 2.81. The average molecular weight is 254 g/mol. The van der Waals surface area contributed by atoms with Crippen LogP contribution in [0.15, 0.2) is 36.8 Å². The van der Waals surface area contributed by atoms with Crippen molar-refractivity contribution in [2.24, 2.45) is 0 Å². The highest BCUT2D eigenvalue weighted by Crippen LogP contribution is 2.16. The van der Waals surface area contributed by atoms with Crippen molar-refractivity contribution in [1.29, 1.82) is 0 Å². The largest absolute Gasteiger partial charge is 0.399 e. The number of nitrogens with zero attached hydrogens (tertiary/aromatic N) is 7. The molecule has 8 heteroatoms. The van der Waals surface area contributed by atoms with Crippen molar-refractivity contribution < 1.29 is 0 Å². The molecule has 0 saturated carbocycles. The molecule has 3 aromatic rings. The van der Waals surface area contributed by atoms with E-state index in [1.165, 1.54) is 11.0 Å². The van der Waals surface area contributed by atoms with Gasteiger partial charge < -0.3 is 5.73 Å². The lowest BCUT2D eigenvalue weighted by atomic mass is 10.1. The summed E-state index contributed by atoms with van der Waals surface area (Å²) in [7, 11) is 0. The molecular formula is C11H10N8. The first-order valence-electron chi connectivity index (χ1n) is 5.56. The fraction of sp³-hybridized carbons (Fsp3) is 0.0909. The minimum atomic E-state index is 0.391. The lowest BCUT2D eigenvalue weighted by Gasteiger charge is -2.01. The van der Waals surface area contributed by atoms with Crippen molar-refractivity contribution in [2.45, 2.75) is 6.54 Å². The van der Waals surface area contributed by atoms with Crippen molar-refractivity contribution in [3.05, 3.63) is 42.6 Å². The number of rotatable bonds is 3. The van der Waals surface area contributed by atoms with Crippen LogP contribution < -0.4 is 5.73 Å². The van der Waals surface area contributed by atoms with Crippen molar-refractivity contribution in [1.82, 2.24) is 35.4 Å². The SMILES string of the molecule is Nc1ccc(-c2cnc(Cn3cnnn3)nn2)cc1. The standard InChI is InChI=1S/C11H10N8/c12-9-3-1-8(2-4-9)10-5-13-11(16-15-10)6-19-7-14-17-18-19/h1-5,7H,6,12H2. The molecule has 3 rings (SSSR count). The first kappa shape index (κ1) is 11.2. The van der Waals surface area contributed by atoms with Gasteiger partial charge >= 0.3 is 0 Å². The number of nitrogen functional groups attached to an aromatic ring is 1. The van der Waals surface area contributed by atoms with Crippen LogP contribution >= 0.6 is 0 Å². The maximum atomic E-state index is 5.63. The summed E-state index contributed by atoms with van der Waals surface area (Å²) in [6.07, 6.45) is 3.16. The lowest BCUT2D eigenvalue weighted by molar-refractivity contribution is 0.615. The van der Waals surface area contributed by atoms with Crippen molar-refractivity contribution in [2.75, 3.05) is 5.73 Å². The van der Waals surface area contributed by atoms with E-state index in [9.17, 15) is 0 Å². The molecular weight excluding hydrogens is 244 g/mol. The van der Waals surface area contributed by atoms with Gasteiger partial charge in [-0.25, -0.2) is 9.67 Å². The Hall–Kier alpha value is -2.90. The van der Waals surface area contributed by atoms with Gasteiger partial charge in [-0.1, -0.05) is 12.1 Å². The van der Waals surface area contributed by atoms with Crippen LogP contribution in [0, 0.1) is 0 Å². The molecule has 2 heterocycles. The summed E-state index contributed by atoms with van der Waals surface area (Å²) in [4.78, 5) is 4.23. The lowest BCUT2D eigenvalue weighted by Crippen LogP contribution is -2.06. The Morgan fingerprint density at radius 3 is 2.58 bits per heavy atom. The van der Waals surface area contributed by atoms with Gasteiger partial charge in [-0.15, -0.1) is 15.3 Å². The van der Waals surface area contributed by atoms with E-state index >= 15 is 0 Å². The zero-order valence-electron chi connectivity index (χ0n) is 9.88. The average Bonchev–Trinajstić information content (AvgIpc) is 2.94. The van der Waals surface area contributed by atoms with Gasteiger partial charge in [0.15, 0.2) is 5.82 Å². The Morgan fingerprint density at radius 2 is 1.95 bits per heavy atom. The number of hydrogen-bond donors (Lipinski definition) is 1. The fourth-order valence-corrected chi connectivity index (χ4v) is 1.56. The molecule has 0 atom stereocenters. The molecule has 19 heavy (non-hydrogen) atoms. The minimum absolute atomic E-state index is 0.391. The molecule has 2 N–H and O–H groups in total. The second-order valence-corrected chi connectivity index (χ2v) is 3.89. The van der Waals surface area contributed by atoms with Gasteiger partial charge in [-0.05, 0) is 22.6 Å². The third kappa shape index (κ3) is 2.51. The molecule has 0 aliphatic heterocycles. The van der Waals surface area contributed by atoms with Gasteiger partial charge in [0, 0.05) is 11.3 Å². The van der Waals surface area contributed by atoms with E-state index in [0.717, 1.165) is 5.56 Å². The number of nitrogens with two attached hydrogens (primary N) is 1. The molecule has 0 bridgehead atoms. The molecule has 94 valence electrons. The Morgan fingerprint density at radius 1 is 1.11 bits per heavy atom. The van der Waals surface area contributed by atoms with E-state index in [1.807, 2.05) is 24.3 Å².